The fraction of sp³-hybridized carbons (Fsp3) is 0.241. The van der Waals surface area contributed by atoms with Gasteiger partial charge in [0, 0.05) is 24.1 Å². The van der Waals surface area contributed by atoms with Crippen molar-refractivity contribution in [2.75, 3.05) is 17.6 Å². The van der Waals surface area contributed by atoms with E-state index in [0.717, 1.165) is 22.7 Å². The molecule has 1 amide bonds. The molecular weight excluding hydrogens is 676 g/mol. The zero-order valence-corrected chi connectivity index (χ0v) is 25.4. The number of amides is 1. The highest BCUT2D eigenvalue weighted by molar-refractivity contribution is 9.10. The van der Waals surface area contributed by atoms with Crippen LogP contribution < -0.4 is 14.4 Å². The normalized spacial score (nSPS) is 13.6. The van der Waals surface area contributed by atoms with Crippen LogP contribution in [-0.2, 0) is 16.6 Å². The number of carboxylic acids is 1. The number of benzene rings is 3. The van der Waals surface area contributed by atoms with Crippen molar-refractivity contribution in [2.24, 2.45) is 0 Å². The van der Waals surface area contributed by atoms with Gasteiger partial charge in [-0.1, -0.05) is 0 Å². The maximum Gasteiger partial charge on any atom is 0.573 e. The Morgan fingerprint density at radius 3 is 2.34 bits per heavy atom. The van der Waals surface area contributed by atoms with E-state index in [1.807, 2.05) is 0 Å². The van der Waals surface area contributed by atoms with Crippen LogP contribution >= 0.6 is 15.9 Å². The summed E-state index contributed by atoms with van der Waals surface area (Å²) < 4.78 is 89.9. The number of halogens is 5. The standard InChI is InChI=1S/C29H23BrF4N2O7S/c1-35-27(37)24-19-11-18(15-3-4-15)21(12-22(19)42-26(24)16-5-7-17(31)8-6-16)36(44(2,40)41)13-14-9-20(28(38)39)25(30)23(10-14)43-29(32,33)34/h5-12,15H,3-4,13H2,1-2H3,(H,35,37)(H,38,39). The van der Waals surface area contributed by atoms with Gasteiger partial charge in [-0.05, 0) is 88.3 Å². The maximum atomic E-state index is 13.6. The SMILES string of the molecule is CNC(=O)c1c(-c2ccc(F)cc2)oc2cc(N(Cc3cc(OC(F)(F)F)c(Br)c(C(=O)O)c3)S(C)(=O)=O)c(C3CC3)cc12. The molecular formula is C29H23BrF4N2O7S. The monoisotopic (exact) mass is 698 g/mol. The lowest BCUT2D eigenvalue weighted by Gasteiger charge is -2.26. The van der Waals surface area contributed by atoms with Crippen molar-refractivity contribution in [3.8, 4) is 17.1 Å². The first-order chi connectivity index (χ1) is 20.6. The number of fused-ring (bicyclic) bond motifs is 1. The van der Waals surface area contributed by atoms with Crippen molar-refractivity contribution in [2.45, 2.75) is 31.7 Å². The van der Waals surface area contributed by atoms with E-state index >= 15 is 0 Å². The van der Waals surface area contributed by atoms with Gasteiger partial charge in [-0.3, -0.25) is 9.10 Å². The third-order valence-electron chi connectivity index (χ3n) is 6.97. The Morgan fingerprint density at radius 2 is 1.80 bits per heavy atom. The number of alkyl halides is 3. The van der Waals surface area contributed by atoms with Gasteiger partial charge >= 0.3 is 12.3 Å². The minimum Gasteiger partial charge on any atom is -0.478 e. The number of hydrogen-bond donors (Lipinski definition) is 2. The predicted molar refractivity (Wildman–Crippen MR) is 156 cm³/mol. The smallest absolute Gasteiger partial charge is 0.478 e. The molecule has 0 aliphatic heterocycles. The van der Waals surface area contributed by atoms with E-state index in [1.165, 1.54) is 37.4 Å². The van der Waals surface area contributed by atoms with Gasteiger partial charge < -0.3 is 19.6 Å². The summed E-state index contributed by atoms with van der Waals surface area (Å²) >= 11 is 2.83. The molecule has 0 spiro atoms. The topological polar surface area (TPSA) is 126 Å². The molecule has 0 bridgehead atoms. The molecule has 0 atom stereocenters. The lowest BCUT2D eigenvalue weighted by molar-refractivity contribution is -0.274. The van der Waals surface area contributed by atoms with Crippen LogP contribution in [0.2, 0.25) is 0 Å². The Kier molecular flexibility index (Phi) is 8.14. The van der Waals surface area contributed by atoms with E-state index < -0.39 is 56.4 Å². The van der Waals surface area contributed by atoms with Gasteiger partial charge in [0.15, 0.2) is 0 Å². The first-order valence-electron chi connectivity index (χ1n) is 12.9. The Morgan fingerprint density at radius 1 is 1.14 bits per heavy atom. The molecule has 1 aliphatic carbocycles. The number of carbonyl (C=O) groups excluding carboxylic acids is 1. The van der Waals surface area contributed by atoms with Crippen molar-refractivity contribution in [3.05, 3.63) is 81.1 Å². The molecule has 1 aromatic heterocycles. The third-order valence-corrected chi connectivity index (χ3v) is 8.91. The largest absolute Gasteiger partial charge is 0.573 e. The van der Waals surface area contributed by atoms with Crippen molar-refractivity contribution >= 4 is 54.5 Å². The van der Waals surface area contributed by atoms with E-state index in [1.54, 1.807) is 6.07 Å². The van der Waals surface area contributed by atoms with E-state index in [0.29, 0.717) is 29.4 Å². The molecule has 1 aliphatic rings. The van der Waals surface area contributed by atoms with Gasteiger partial charge in [0.2, 0.25) is 10.0 Å². The highest BCUT2D eigenvalue weighted by atomic mass is 79.9. The zero-order valence-electron chi connectivity index (χ0n) is 23.0. The van der Waals surface area contributed by atoms with Crippen LogP contribution in [0.3, 0.4) is 0 Å². The highest BCUT2D eigenvalue weighted by Gasteiger charge is 2.35. The number of hydrogen-bond acceptors (Lipinski definition) is 6. The van der Waals surface area contributed by atoms with Gasteiger partial charge in [-0.25, -0.2) is 17.6 Å². The number of anilines is 1. The van der Waals surface area contributed by atoms with E-state index in [2.05, 4.69) is 26.0 Å². The Bertz CT molecular complexity index is 1900. The number of furan rings is 1. The summed E-state index contributed by atoms with van der Waals surface area (Å²) in [5.41, 5.74) is 0.683. The summed E-state index contributed by atoms with van der Waals surface area (Å²) in [5.74, 6) is -3.39. The summed E-state index contributed by atoms with van der Waals surface area (Å²) in [6.07, 6.45) is -2.83. The fourth-order valence-electron chi connectivity index (χ4n) is 4.89. The molecule has 44 heavy (non-hydrogen) atoms. The molecule has 15 heteroatoms. The van der Waals surface area contributed by atoms with Gasteiger partial charge in [0.25, 0.3) is 5.91 Å². The summed E-state index contributed by atoms with van der Waals surface area (Å²) in [4.78, 5) is 24.8. The minimum absolute atomic E-state index is 0.0935. The lowest BCUT2D eigenvalue weighted by Crippen LogP contribution is -2.30. The van der Waals surface area contributed by atoms with Crippen molar-refractivity contribution in [3.63, 3.8) is 0 Å². The Labute approximate surface area is 256 Å². The fourth-order valence-corrected chi connectivity index (χ4v) is 6.27. The second-order valence-electron chi connectivity index (χ2n) is 10.2. The van der Waals surface area contributed by atoms with Crippen molar-refractivity contribution in [1.29, 1.82) is 0 Å². The van der Waals surface area contributed by atoms with Crippen LogP contribution in [-0.4, -0.2) is 45.1 Å². The number of aromatic carboxylic acids is 1. The van der Waals surface area contributed by atoms with E-state index in [9.17, 15) is 40.7 Å². The molecule has 0 saturated heterocycles. The number of carbonyl (C=O) groups is 2. The van der Waals surface area contributed by atoms with Crippen LogP contribution in [0.25, 0.3) is 22.3 Å². The molecule has 0 unspecified atom stereocenters. The van der Waals surface area contributed by atoms with Crippen LogP contribution in [0.4, 0.5) is 23.2 Å². The molecule has 9 nitrogen and oxygen atoms in total. The zero-order chi connectivity index (χ0) is 32.1. The quantitative estimate of drug-likeness (QED) is 0.184. The second-order valence-corrected chi connectivity index (χ2v) is 12.9. The predicted octanol–water partition coefficient (Wildman–Crippen LogP) is 6.80. The Hall–Kier alpha value is -4.11. The maximum absolute atomic E-state index is 13.6. The van der Waals surface area contributed by atoms with Gasteiger partial charge in [0.1, 0.15) is 22.9 Å². The van der Waals surface area contributed by atoms with Crippen LogP contribution in [0.1, 0.15) is 50.6 Å². The summed E-state index contributed by atoms with van der Waals surface area (Å²) in [7, 11) is -2.71. The molecule has 4 aromatic rings. The first-order valence-corrected chi connectivity index (χ1v) is 15.6. The van der Waals surface area contributed by atoms with Crippen LogP contribution in [0.15, 0.2) is 57.4 Å². The van der Waals surface area contributed by atoms with Gasteiger partial charge in [0.05, 0.1) is 34.1 Å². The summed E-state index contributed by atoms with van der Waals surface area (Å²) in [5, 5.41) is 12.5. The molecule has 1 heterocycles. The molecule has 1 fully saturated rings. The molecule has 5 rings (SSSR count). The summed E-state index contributed by atoms with van der Waals surface area (Å²) in [6.45, 7) is -0.556. The Balaban J connectivity index is 1.71. The number of ether oxygens (including phenoxy) is 1. The highest BCUT2D eigenvalue weighted by Crippen LogP contribution is 2.48. The number of carboxylic acid groups (broad SMARTS) is 1. The number of sulfonamides is 1. The average molecular weight is 699 g/mol. The number of rotatable bonds is 9. The molecule has 0 radical (unpaired) electrons. The lowest BCUT2D eigenvalue weighted by atomic mass is 10.00. The van der Waals surface area contributed by atoms with Crippen LogP contribution in [0, 0.1) is 5.82 Å². The average Bonchev–Trinajstić information content (AvgIpc) is 3.71. The van der Waals surface area contributed by atoms with E-state index in [-0.39, 0.29) is 34.1 Å². The summed E-state index contributed by atoms with van der Waals surface area (Å²) in [6, 6.07) is 10.3. The molecule has 2 N–H and O–H groups in total. The van der Waals surface area contributed by atoms with Gasteiger partial charge in [-0.15, -0.1) is 13.2 Å². The van der Waals surface area contributed by atoms with Crippen molar-refractivity contribution in [1.82, 2.24) is 5.32 Å². The minimum atomic E-state index is -5.15. The number of nitrogens with one attached hydrogen (secondary N) is 1. The first kappa shape index (κ1) is 31.3. The number of nitrogens with zero attached hydrogens (tertiary/aromatic N) is 1. The van der Waals surface area contributed by atoms with E-state index in [4.69, 9.17) is 4.42 Å². The van der Waals surface area contributed by atoms with Gasteiger partial charge in [-0.2, -0.15) is 0 Å². The second kappa shape index (κ2) is 11.4. The third kappa shape index (κ3) is 6.38. The van der Waals surface area contributed by atoms with Crippen LogP contribution in [0.5, 0.6) is 5.75 Å². The molecule has 1 saturated carbocycles. The molecule has 232 valence electrons. The molecule has 3 aromatic carbocycles. The van der Waals surface area contributed by atoms with Crippen molar-refractivity contribution < 1.29 is 49.8 Å².